The number of benzene rings is 2. The summed E-state index contributed by atoms with van der Waals surface area (Å²) < 4.78 is 10.6. The van der Waals surface area contributed by atoms with Gasteiger partial charge in [0, 0.05) is 24.2 Å². The van der Waals surface area contributed by atoms with Gasteiger partial charge in [-0.15, -0.1) is 0 Å². The maximum Gasteiger partial charge on any atom is 0.163 e. The number of H-pyrrole nitrogens is 1. The first-order valence-corrected chi connectivity index (χ1v) is 6.66. The largest absolute Gasteiger partial charge is 0.493 e. The number of aromatic nitrogens is 2. The molecule has 0 bridgehead atoms. The van der Waals surface area contributed by atoms with Gasteiger partial charge in [0.1, 0.15) is 5.82 Å². The van der Waals surface area contributed by atoms with Crippen LogP contribution in [-0.2, 0) is 6.54 Å². The molecule has 5 nitrogen and oxygen atoms in total. The normalized spacial score (nSPS) is 10.8. The first kappa shape index (κ1) is 13.5. The minimum atomic E-state index is 0.510. The van der Waals surface area contributed by atoms with Crippen LogP contribution in [0.1, 0.15) is 5.56 Å². The fraction of sp³-hybridized carbons (Fsp3) is 0.188. The van der Waals surface area contributed by atoms with Crippen molar-refractivity contribution < 1.29 is 9.47 Å². The standard InChI is InChI=1S/C16H17N3O2/c1-20-14-7-12-13(8-15(14)21-2)19-16(18-12)11-5-3-4-10(6-11)9-17/h3-8H,9,17H2,1-2H3,(H,18,19). The van der Waals surface area contributed by atoms with Gasteiger partial charge in [-0.1, -0.05) is 18.2 Å². The molecule has 1 aromatic heterocycles. The predicted molar refractivity (Wildman–Crippen MR) is 82.5 cm³/mol. The highest BCUT2D eigenvalue weighted by Crippen LogP contribution is 2.32. The third kappa shape index (κ3) is 2.43. The van der Waals surface area contributed by atoms with Gasteiger partial charge in [-0.25, -0.2) is 4.98 Å². The summed E-state index contributed by atoms with van der Waals surface area (Å²) in [5.41, 5.74) is 9.50. The van der Waals surface area contributed by atoms with Gasteiger partial charge >= 0.3 is 0 Å². The monoisotopic (exact) mass is 283 g/mol. The third-order valence-corrected chi connectivity index (χ3v) is 3.42. The molecule has 3 N–H and O–H groups in total. The summed E-state index contributed by atoms with van der Waals surface area (Å²) in [4.78, 5) is 7.91. The second-order valence-electron chi connectivity index (χ2n) is 4.71. The minimum Gasteiger partial charge on any atom is -0.493 e. The molecule has 0 fully saturated rings. The molecule has 0 aliphatic rings. The number of imidazole rings is 1. The Hall–Kier alpha value is -2.53. The van der Waals surface area contributed by atoms with Crippen molar-refractivity contribution in [1.82, 2.24) is 9.97 Å². The summed E-state index contributed by atoms with van der Waals surface area (Å²) >= 11 is 0. The van der Waals surface area contributed by atoms with E-state index in [4.69, 9.17) is 15.2 Å². The molecule has 0 spiro atoms. The summed E-state index contributed by atoms with van der Waals surface area (Å²) in [6.45, 7) is 0.510. The molecule has 0 atom stereocenters. The minimum absolute atomic E-state index is 0.510. The lowest BCUT2D eigenvalue weighted by Gasteiger charge is -2.06. The van der Waals surface area contributed by atoms with Crippen LogP contribution in [0.4, 0.5) is 0 Å². The zero-order chi connectivity index (χ0) is 14.8. The van der Waals surface area contributed by atoms with Gasteiger partial charge in [0.25, 0.3) is 0 Å². The molecule has 0 saturated carbocycles. The lowest BCUT2D eigenvalue weighted by Crippen LogP contribution is -1.95. The van der Waals surface area contributed by atoms with Crippen molar-refractivity contribution in [2.75, 3.05) is 14.2 Å². The highest BCUT2D eigenvalue weighted by atomic mass is 16.5. The van der Waals surface area contributed by atoms with E-state index in [1.807, 2.05) is 36.4 Å². The Balaban J connectivity index is 2.12. The predicted octanol–water partition coefficient (Wildman–Crippen LogP) is 2.71. The van der Waals surface area contributed by atoms with Crippen molar-refractivity contribution in [2.24, 2.45) is 5.73 Å². The van der Waals surface area contributed by atoms with Gasteiger partial charge in [0.15, 0.2) is 11.5 Å². The maximum atomic E-state index is 5.68. The van der Waals surface area contributed by atoms with E-state index in [1.165, 1.54) is 0 Å². The van der Waals surface area contributed by atoms with E-state index in [0.717, 1.165) is 28.0 Å². The van der Waals surface area contributed by atoms with Crippen LogP contribution >= 0.6 is 0 Å². The summed E-state index contributed by atoms with van der Waals surface area (Å²) in [5.74, 6) is 2.14. The zero-order valence-electron chi connectivity index (χ0n) is 12.0. The molecule has 108 valence electrons. The molecule has 0 aliphatic heterocycles. The Morgan fingerprint density at radius 1 is 1.10 bits per heavy atom. The zero-order valence-corrected chi connectivity index (χ0v) is 12.0. The number of fused-ring (bicyclic) bond motifs is 1. The quantitative estimate of drug-likeness (QED) is 0.772. The number of ether oxygens (including phenoxy) is 2. The van der Waals surface area contributed by atoms with Crippen molar-refractivity contribution in [2.45, 2.75) is 6.54 Å². The van der Waals surface area contributed by atoms with Crippen molar-refractivity contribution in [3.8, 4) is 22.9 Å². The summed E-state index contributed by atoms with van der Waals surface area (Å²) in [5, 5.41) is 0. The molecule has 3 rings (SSSR count). The first-order valence-electron chi connectivity index (χ1n) is 6.66. The van der Waals surface area contributed by atoms with E-state index < -0.39 is 0 Å². The molecule has 3 aromatic rings. The molecule has 0 aliphatic carbocycles. The summed E-state index contributed by atoms with van der Waals surface area (Å²) in [7, 11) is 3.23. The average Bonchev–Trinajstić information content (AvgIpc) is 2.96. The van der Waals surface area contributed by atoms with Crippen molar-refractivity contribution in [1.29, 1.82) is 0 Å². The molecule has 5 heteroatoms. The van der Waals surface area contributed by atoms with Gasteiger partial charge in [-0.05, 0) is 11.6 Å². The van der Waals surface area contributed by atoms with Crippen LogP contribution in [0, 0.1) is 0 Å². The van der Waals surface area contributed by atoms with E-state index >= 15 is 0 Å². The van der Waals surface area contributed by atoms with Crippen LogP contribution in [0.25, 0.3) is 22.4 Å². The van der Waals surface area contributed by atoms with Crippen molar-refractivity contribution in [3.63, 3.8) is 0 Å². The van der Waals surface area contributed by atoms with Crippen LogP contribution in [0.2, 0.25) is 0 Å². The van der Waals surface area contributed by atoms with E-state index in [-0.39, 0.29) is 0 Å². The lowest BCUT2D eigenvalue weighted by atomic mass is 10.1. The second kappa shape index (κ2) is 5.46. The lowest BCUT2D eigenvalue weighted by molar-refractivity contribution is 0.356. The SMILES string of the molecule is COc1cc2nc(-c3cccc(CN)c3)[nH]c2cc1OC. The number of nitrogens with one attached hydrogen (secondary N) is 1. The Morgan fingerprint density at radius 2 is 1.86 bits per heavy atom. The second-order valence-corrected chi connectivity index (χ2v) is 4.71. The Bertz CT molecular complexity index is 739. The number of nitrogens with zero attached hydrogens (tertiary/aromatic N) is 1. The molecule has 0 saturated heterocycles. The number of rotatable bonds is 4. The molecular formula is C16H17N3O2. The smallest absolute Gasteiger partial charge is 0.163 e. The van der Waals surface area contributed by atoms with Gasteiger partial charge in [-0.3, -0.25) is 0 Å². The number of hydrogen-bond acceptors (Lipinski definition) is 4. The molecular weight excluding hydrogens is 266 g/mol. The van der Waals surface area contributed by atoms with Gasteiger partial charge in [0.05, 0.1) is 25.3 Å². The topological polar surface area (TPSA) is 73.2 Å². The average molecular weight is 283 g/mol. The fourth-order valence-corrected chi connectivity index (χ4v) is 2.32. The number of aromatic amines is 1. The van der Waals surface area contributed by atoms with Crippen LogP contribution in [0.5, 0.6) is 11.5 Å². The number of nitrogens with two attached hydrogens (primary N) is 1. The van der Waals surface area contributed by atoms with Crippen LogP contribution in [-0.4, -0.2) is 24.2 Å². The van der Waals surface area contributed by atoms with Crippen LogP contribution in [0.15, 0.2) is 36.4 Å². The Labute approximate surface area is 122 Å². The van der Waals surface area contributed by atoms with E-state index in [1.54, 1.807) is 14.2 Å². The number of methoxy groups -OCH3 is 2. The molecule has 1 heterocycles. The van der Waals surface area contributed by atoms with Gasteiger partial charge in [-0.2, -0.15) is 0 Å². The van der Waals surface area contributed by atoms with E-state index in [0.29, 0.717) is 18.0 Å². The maximum absolute atomic E-state index is 5.68. The third-order valence-electron chi connectivity index (χ3n) is 3.42. The molecule has 2 aromatic carbocycles. The fourth-order valence-electron chi connectivity index (χ4n) is 2.32. The molecule has 0 radical (unpaired) electrons. The van der Waals surface area contributed by atoms with Crippen molar-refractivity contribution in [3.05, 3.63) is 42.0 Å². The highest BCUT2D eigenvalue weighted by Gasteiger charge is 2.11. The molecule has 0 amide bonds. The van der Waals surface area contributed by atoms with Gasteiger partial charge in [0.2, 0.25) is 0 Å². The first-order chi connectivity index (χ1) is 10.2. The summed E-state index contributed by atoms with van der Waals surface area (Å²) in [6.07, 6.45) is 0. The number of hydrogen-bond donors (Lipinski definition) is 2. The van der Waals surface area contributed by atoms with E-state index in [2.05, 4.69) is 9.97 Å². The Morgan fingerprint density at radius 3 is 2.57 bits per heavy atom. The van der Waals surface area contributed by atoms with Crippen LogP contribution < -0.4 is 15.2 Å². The van der Waals surface area contributed by atoms with Crippen molar-refractivity contribution >= 4 is 11.0 Å². The Kier molecular flexibility index (Phi) is 3.50. The van der Waals surface area contributed by atoms with Gasteiger partial charge < -0.3 is 20.2 Å². The summed E-state index contributed by atoms with van der Waals surface area (Å²) in [6, 6.07) is 11.8. The molecule has 0 unspecified atom stereocenters. The van der Waals surface area contributed by atoms with E-state index in [9.17, 15) is 0 Å². The molecule has 21 heavy (non-hydrogen) atoms. The van der Waals surface area contributed by atoms with Crippen LogP contribution in [0.3, 0.4) is 0 Å². The highest BCUT2D eigenvalue weighted by molar-refractivity contribution is 5.83.